The first kappa shape index (κ1) is 26.9. The minimum absolute atomic E-state index is 1.15. The summed E-state index contributed by atoms with van der Waals surface area (Å²) in [5.74, 6) is 0. The third-order valence-corrected chi connectivity index (χ3v) is 8.83. The second-order valence-corrected chi connectivity index (χ2v) is 11.8. The number of aryl methyl sites for hydroxylation is 2. The molecule has 2 heteroatoms. The average Bonchev–Trinajstić information content (AvgIpc) is 3.41. The first-order valence-electron chi connectivity index (χ1n) is 15.5. The molecule has 0 radical (unpaired) electrons. The third kappa shape index (κ3) is 4.81. The molecule has 214 valence electrons. The molecule has 0 N–H and O–H groups in total. The molecule has 0 bridgehead atoms. The van der Waals surface area contributed by atoms with E-state index in [1.165, 1.54) is 71.9 Å². The Morgan fingerprint density at radius 1 is 0.400 bits per heavy atom. The molecule has 0 aliphatic carbocycles. The molecular weight excluding hydrogens is 544 g/mol. The number of pyridine rings is 1. The van der Waals surface area contributed by atoms with E-state index in [9.17, 15) is 0 Å². The summed E-state index contributed by atoms with van der Waals surface area (Å²) in [5, 5.41) is 2.59. The number of fused-ring (bicyclic) bond motifs is 3. The standard InChI is InChI=1S/C43H32N2/c1-29-13-19-42-40(25-29)41-26-30(2)14-20-43(41)45(42)35-17-15-33(16-18-35)38-27-36(31-9-5-3-6-10-31)37(32-11-7-4-8-12-32)28-39(38)34-21-23-44-24-22-34/h3-28H,1-2H3. The molecular formula is C43H32N2. The summed E-state index contributed by atoms with van der Waals surface area (Å²) in [6.07, 6.45) is 3.75. The van der Waals surface area contributed by atoms with Crippen LogP contribution in [0, 0.1) is 13.8 Å². The smallest absolute Gasteiger partial charge is 0.0541 e. The summed E-state index contributed by atoms with van der Waals surface area (Å²) in [4.78, 5) is 4.32. The van der Waals surface area contributed by atoms with Gasteiger partial charge >= 0.3 is 0 Å². The van der Waals surface area contributed by atoms with Crippen LogP contribution < -0.4 is 0 Å². The van der Waals surface area contributed by atoms with Gasteiger partial charge in [-0.05, 0) is 119 Å². The van der Waals surface area contributed by atoms with Crippen molar-refractivity contribution >= 4 is 21.8 Å². The predicted molar refractivity (Wildman–Crippen MR) is 190 cm³/mol. The average molecular weight is 577 g/mol. The van der Waals surface area contributed by atoms with Gasteiger partial charge in [0.05, 0.1) is 11.0 Å². The maximum Gasteiger partial charge on any atom is 0.0541 e. The van der Waals surface area contributed by atoms with Crippen molar-refractivity contribution < 1.29 is 0 Å². The SMILES string of the molecule is Cc1ccc2c(c1)c1cc(C)ccc1n2-c1ccc(-c2cc(-c3ccccc3)c(-c3ccccc3)cc2-c2ccncc2)cc1. The van der Waals surface area contributed by atoms with E-state index in [0.717, 1.165) is 11.3 Å². The van der Waals surface area contributed by atoms with E-state index in [-0.39, 0.29) is 0 Å². The van der Waals surface area contributed by atoms with Crippen molar-refractivity contribution in [1.29, 1.82) is 0 Å². The topological polar surface area (TPSA) is 17.8 Å². The number of aromatic nitrogens is 2. The predicted octanol–water partition coefficient (Wildman–Crippen LogP) is 11.5. The van der Waals surface area contributed by atoms with Crippen LogP contribution in [0.1, 0.15) is 11.1 Å². The van der Waals surface area contributed by atoms with Crippen molar-refractivity contribution in [2.45, 2.75) is 13.8 Å². The molecule has 2 heterocycles. The molecule has 0 amide bonds. The van der Waals surface area contributed by atoms with Gasteiger partial charge in [0.15, 0.2) is 0 Å². The van der Waals surface area contributed by atoms with E-state index in [1.54, 1.807) is 0 Å². The van der Waals surface area contributed by atoms with E-state index >= 15 is 0 Å². The summed E-state index contributed by atoms with van der Waals surface area (Å²) >= 11 is 0. The van der Waals surface area contributed by atoms with Gasteiger partial charge < -0.3 is 4.57 Å². The fourth-order valence-corrected chi connectivity index (χ4v) is 6.64. The molecule has 0 unspecified atom stereocenters. The Hall–Kier alpha value is -5.73. The van der Waals surface area contributed by atoms with E-state index in [4.69, 9.17) is 0 Å². The van der Waals surface area contributed by atoms with E-state index in [2.05, 4.69) is 169 Å². The molecule has 45 heavy (non-hydrogen) atoms. The third-order valence-electron chi connectivity index (χ3n) is 8.83. The van der Waals surface area contributed by atoms with Crippen molar-refractivity contribution in [1.82, 2.24) is 9.55 Å². The molecule has 8 rings (SSSR count). The highest BCUT2D eigenvalue weighted by molar-refractivity contribution is 6.09. The van der Waals surface area contributed by atoms with Crippen LogP contribution >= 0.6 is 0 Å². The number of rotatable bonds is 5. The Bertz CT molecular complexity index is 2240. The quantitative estimate of drug-likeness (QED) is 0.199. The molecule has 0 fully saturated rings. The number of nitrogens with zero attached hydrogens (tertiary/aromatic N) is 2. The number of hydrogen-bond acceptors (Lipinski definition) is 1. The van der Waals surface area contributed by atoms with Crippen molar-refractivity contribution in [2.24, 2.45) is 0 Å². The van der Waals surface area contributed by atoms with Gasteiger partial charge in [0.1, 0.15) is 0 Å². The second-order valence-electron chi connectivity index (χ2n) is 11.8. The highest BCUT2D eigenvalue weighted by Gasteiger charge is 2.17. The lowest BCUT2D eigenvalue weighted by molar-refractivity contribution is 1.18. The molecule has 2 aromatic heterocycles. The summed E-state index contributed by atoms with van der Waals surface area (Å²) in [7, 11) is 0. The minimum Gasteiger partial charge on any atom is -0.309 e. The van der Waals surface area contributed by atoms with Crippen LogP contribution in [0.25, 0.3) is 72.0 Å². The summed E-state index contributed by atoms with van der Waals surface area (Å²) < 4.78 is 2.39. The zero-order valence-corrected chi connectivity index (χ0v) is 25.4. The Labute approximate surface area is 263 Å². The first-order chi connectivity index (χ1) is 22.1. The Balaban J connectivity index is 1.34. The zero-order chi connectivity index (χ0) is 30.3. The highest BCUT2D eigenvalue weighted by atomic mass is 15.0. The molecule has 0 aliphatic rings. The van der Waals surface area contributed by atoms with Gasteiger partial charge in [0.25, 0.3) is 0 Å². The van der Waals surface area contributed by atoms with Crippen molar-refractivity contribution in [3.05, 3.63) is 169 Å². The van der Waals surface area contributed by atoms with Crippen LogP contribution in [0.15, 0.2) is 158 Å². The fourth-order valence-electron chi connectivity index (χ4n) is 6.64. The van der Waals surface area contributed by atoms with Gasteiger partial charge in [0.2, 0.25) is 0 Å². The Kier molecular flexibility index (Phi) is 6.61. The maximum atomic E-state index is 4.32. The number of benzene rings is 6. The Morgan fingerprint density at radius 2 is 0.822 bits per heavy atom. The van der Waals surface area contributed by atoms with Crippen LogP contribution in [0.4, 0.5) is 0 Å². The minimum atomic E-state index is 1.15. The highest BCUT2D eigenvalue weighted by Crippen LogP contribution is 2.42. The van der Waals surface area contributed by atoms with Gasteiger partial charge in [-0.15, -0.1) is 0 Å². The van der Waals surface area contributed by atoms with E-state index < -0.39 is 0 Å². The lowest BCUT2D eigenvalue weighted by atomic mass is 9.86. The lowest BCUT2D eigenvalue weighted by Gasteiger charge is -2.18. The second kappa shape index (κ2) is 11.1. The largest absolute Gasteiger partial charge is 0.309 e. The molecule has 0 aliphatic heterocycles. The van der Waals surface area contributed by atoms with Gasteiger partial charge in [0, 0.05) is 28.9 Å². The van der Waals surface area contributed by atoms with Gasteiger partial charge in [-0.1, -0.05) is 96.1 Å². The van der Waals surface area contributed by atoms with E-state index in [0.29, 0.717) is 0 Å². The van der Waals surface area contributed by atoms with Crippen LogP contribution in [0.2, 0.25) is 0 Å². The van der Waals surface area contributed by atoms with Crippen molar-refractivity contribution in [3.63, 3.8) is 0 Å². The van der Waals surface area contributed by atoms with Gasteiger partial charge in [-0.2, -0.15) is 0 Å². The van der Waals surface area contributed by atoms with Crippen LogP contribution in [0.3, 0.4) is 0 Å². The molecule has 8 aromatic rings. The first-order valence-corrected chi connectivity index (χ1v) is 15.5. The monoisotopic (exact) mass is 576 g/mol. The molecule has 0 spiro atoms. The summed E-state index contributed by atoms with van der Waals surface area (Å²) in [5.41, 5.74) is 15.7. The molecule has 6 aromatic carbocycles. The maximum absolute atomic E-state index is 4.32. The zero-order valence-electron chi connectivity index (χ0n) is 25.4. The van der Waals surface area contributed by atoms with Gasteiger partial charge in [-0.3, -0.25) is 4.98 Å². The normalized spacial score (nSPS) is 11.3. The molecule has 0 atom stereocenters. The summed E-state index contributed by atoms with van der Waals surface area (Å²) in [6.45, 7) is 4.33. The molecule has 0 saturated carbocycles. The fraction of sp³-hybridized carbons (Fsp3) is 0.0465. The number of hydrogen-bond donors (Lipinski definition) is 0. The molecule has 0 saturated heterocycles. The van der Waals surface area contributed by atoms with Crippen molar-refractivity contribution in [2.75, 3.05) is 0 Å². The van der Waals surface area contributed by atoms with Crippen LogP contribution in [-0.2, 0) is 0 Å². The van der Waals surface area contributed by atoms with E-state index in [1.807, 2.05) is 12.4 Å². The lowest BCUT2D eigenvalue weighted by Crippen LogP contribution is -1.95. The summed E-state index contributed by atoms with van der Waals surface area (Å²) in [6, 6.07) is 52.9. The Morgan fingerprint density at radius 3 is 1.29 bits per heavy atom. The van der Waals surface area contributed by atoms with Crippen molar-refractivity contribution in [3.8, 4) is 50.2 Å². The van der Waals surface area contributed by atoms with Crippen LogP contribution in [-0.4, -0.2) is 9.55 Å². The molecule has 2 nitrogen and oxygen atoms in total. The van der Waals surface area contributed by atoms with Crippen LogP contribution in [0.5, 0.6) is 0 Å². The van der Waals surface area contributed by atoms with Gasteiger partial charge in [-0.25, -0.2) is 0 Å².